The van der Waals surface area contributed by atoms with Crippen LogP contribution in [0.2, 0.25) is 0 Å². The molecule has 58 heavy (non-hydrogen) atoms. The first kappa shape index (κ1) is 37.0. The number of benzene rings is 8. The summed E-state index contributed by atoms with van der Waals surface area (Å²) in [7, 11) is 0. The normalized spacial score (nSPS) is 13.5. The number of nitrogens with zero attached hydrogens (tertiary/aromatic N) is 2. The predicted octanol–water partition coefficient (Wildman–Crippen LogP) is 15.4. The van der Waals surface area contributed by atoms with Crippen LogP contribution in [-0.4, -0.2) is 11.4 Å². The van der Waals surface area contributed by atoms with Crippen molar-refractivity contribution in [3.63, 3.8) is 0 Å². The van der Waals surface area contributed by atoms with Crippen molar-refractivity contribution in [1.29, 1.82) is 0 Å². The van der Waals surface area contributed by atoms with Crippen LogP contribution in [0.5, 0.6) is 0 Å². The summed E-state index contributed by atoms with van der Waals surface area (Å²) in [4.78, 5) is 11.8. The molecule has 0 unspecified atom stereocenters. The summed E-state index contributed by atoms with van der Waals surface area (Å²) in [6.07, 6.45) is 6.59. The van der Waals surface area contributed by atoms with Crippen LogP contribution in [0.4, 0.5) is 11.4 Å². The molecular weight excluding hydrogens is 701 g/mol. The molecule has 9 rings (SSSR count). The lowest BCUT2D eigenvalue weighted by Gasteiger charge is -2.18. The third kappa shape index (κ3) is 7.35. The zero-order valence-corrected chi connectivity index (χ0v) is 33.5. The fourth-order valence-electron chi connectivity index (χ4n) is 8.47. The molecule has 0 amide bonds. The first-order chi connectivity index (χ1) is 28.7. The van der Waals surface area contributed by atoms with Gasteiger partial charge in [-0.1, -0.05) is 184 Å². The average molecular weight is 749 g/mol. The Morgan fingerprint density at radius 2 is 0.672 bits per heavy atom. The third-order valence-electron chi connectivity index (χ3n) is 11.4. The minimum Gasteiger partial charge on any atom is -0.245 e. The Morgan fingerprint density at radius 3 is 0.983 bits per heavy atom. The average Bonchev–Trinajstić information content (AvgIpc) is 3.58. The molecule has 282 valence electrons. The summed E-state index contributed by atoms with van der Waals surface area (Å²) < 4.78 is 0. The molecule has 0 N–H and O–H groups in total. The van der Waals surface area contributed by atoms with E-state index in [0.717, 1.165) is 117 Å². The lowest BCUT2D eigenvalue weighted by atomic mass is 9.91. The molecule has 0 spiro atoms. The van der Waals surface area contributed by atoms with Gasteiger partial charge in [-0.15, -0.1) is 0 Å². The zero-order valence-electron chi connectivity index (χ0n) is 33.5. The van der Waals surface area contributed by atoms with Gasteiger partial charge >= 0.3 is 0 Å². The molecule has 0 aliphatic heterocycles. The molecule has 8 aromatic rings. The number of rotatable bonds is 12. The molecule has 0 aromatic heterocycles. The topological polar surface area (TPSA) is 24.7 Å². The summed E-state index contributed by atoms with van der Waals surface area (Å²) in [6.45, 7) is 4.53. The van der Waals surface area contributed by atoms with E-state index in [9.17, 15) is 0 Å². The van der Waals surface area contributed by atoms with Crippen LogP contribution in [0.15, 0.2) is 192 Å². The number of aryl methyl sites for hydroxylation is 2. The van der Waals surface area contributed by atoms with E-state index >= 15 is 0 Å². The minimum absolute atomic E-state index is 0.899. The fraction of sp³-hybridized carbons (Fsp3) is 0.143. The number of aliphatic imine (C=N–C) groups is 2. The smallest absolute Gasteiger partial charge is 0.0979 e. The molecule has 0 bridgehead atoms. The molecule has 1 aliphatic carbocycles. The Morgan fingerprint density at radius 1 is 0.345 bits per heavy atom. The molecule has 0 heterocycles. The van der Waals surface area contributed by atoms with Crippen molar-refractivity contribution < 1.29 is 0 Å². The highest BCUT2D eigenvalue weighted by atomic mass is 14.8. The van der Waals surface area contributed by atoms with Crippen LogP contribution in [0, 0.1) is 0 Å². The van der Waals surface area contributed by atoms with E-state index in [1.165, 1.54) is 21.9 Å². The Labute approximate surface area is 343 Å². The van der Waals surface area contributed by atoms with Crippen LogP contribution < -0.4 is 0 Å². The summed E-state index contributed by atoms with van der Waals surface area (Å²) in [5.74, 6) is 0. The molecule has 0 saturated carbocycles. The van der Waals surface area contributed by atoms with Crippen molar-refractivity contribution in [3.8, 4) is 44.5 Å². The Hall–Kier alpha value is -6.64. The van der Waals surface area contributed by atoms with Crippen molar-refractivity contribution in [1.82, 2.24) is 0 Å². The summed E-state index contributed by atoms with van der Waals surface area (Å²) in [5, 5.41) is 2.39. The van der Waals surface area contributed by atoms with Gasteiger partial charge in [0.2, 0.25) is 0 Å². The van der Waals surface area contributed by atoms with Gasteiger partial charge in [0.25, 0.3) is 0 Å². The van der Waals surface area contributed by atoms with Gasteiger partial charge in [0, 0.05) is 38.8 Å². The SMILES string of the molecule is CCCCc1cc(-c2ccccc2)c(N=C2C(=Nc3c(-c4ccccc4)cc(CCCC)cc3-c3ccccc3)c3cccc4cccc2c34)c(-c2ccccc2)c1. The number of unbranched alkanes of at least 4 members (excludes halogenated alkanes) is 2. The molecule has 0 fully saturated rings. The maximum Gasteiger partial charge on any atom is 0.0979 e. The van der Waals surface area contributed by atoms with E-state index in [4.69, 9.17) is 9.98 Å². The molecule has 2 heteroatoms. The number of hydrogen-bond donors (Lipinski definition) is 0. The van der Waals surface area contributed by atoms with Crippen LogP contribution in [-0.2, 0) is 12.8 Å². The van der Waals surface area contributed by atoms with E-state index in [1.807, 2.05) is 0 Å². The Kier molecular flexibility index (Phi) is 10.7. The number of hydrogen-bond acceptors (Lipinski definition) is 2. The first-order valence-corrected chi connectivity index (χ1v) is 21.0. The lowest BCUT2D eigenvalue weighted by Crippen LogP contribution is -2.11. The van der Waals surface area contributed by atoms with Gasteiger partial charge < -0.3 is 0 Å². The standard InChI is InChI=1S/C56H48N2/c1-3-5-21-39-35-48(41-23-11-7-12-24-41)53(49(36-39)42-25-13-8-14-26-42)57-55-46-33-19-31-45-32-20-34-47(52(45)46)56(55)58-54-50(43-27-15-9-16-28-43)37-40(22-6-4-2)38-51(54)44-29-17-10-18-30-44/h7-20,23-38H,3-6,21-22H2,1-2H3. The quantitative estimate of drug-likeness (QED) is 0.119. The van der Waals surface area contributed by atoms with Gasteiger partial charge in [-0.05, 0) is 88.7 Å². The molecule has 0 saturated heterocycles. The molecular formula is C56H48N2. The second kappa shape index (κ2) is 16.8. The van der Waals surface area contributed by atoms with Crippen LogP contribution in [0.1, 0.15) is 61.8 Å². The molecule has 2 nitrogen and oxygen atoms in total. The van der Waals surface area contributed by atoms with Gasteiger partial charge in [-0.2, -0.15) is 0 Å². The van der Waals surface area contributed by atoms with Crippen molar-refractivity contribution in [2.24, 2.45) is 9.98 Å². The van der Waals surface area contributed by atoms with Crippen LogP contribution in [0.25, 0.3) is 55.3 Å². The van der Waals surface area contributed by atoms with E-state index in [-0.39, 0.29) is 0 Å². The predicted molar refractivity (Wildman–Crippen MR) is 248 cm³/mol. The summed E-state index contributed by atoms with van der Waals surface area (Å²) >= 11 is 0. The third-order valence-corrected chi connectivity index (χ3v) is 11.4. The van der Waals surface area contributed by atoms with Gasteiger partial charge in [0.05, 0.1) is 22.8 Å². The molecule has 0 atom stereocenters. The monoisotopic (exact) mass is 748 g/mol. The van der Waals surface area contributed by atoms with Crippen molar-refractivity contribution in [3.05, 3.63) is 204 Å². The van der Waals surface area contributed by atoms with Gasteiger partial charge in [-0.25, -0.2) is 9.98 Å². The summed E-state index contributed by atoms with van der Waals surface area (Å²) in [6, 6.07) is 65.9. The van der Waals surface area contributed by atoms with Gasteiger partial charge in [0.15, 0.2) is 0 Å². The molecule has 0 radical (unpaired) electrons. The van der Waals surface area contributed by atoms with E-state index in [0.29, 0.717) is 0 Å². The Bertz CT molecular complexity index is 2450. The van der Waals surface area contributed by atoms with E-state index in [2.05, 4.69) is 196 Å². The highest BCUT2D eigenvalue weighted by molar-refractivity contribution is 6.61. The van der Waals surface area contributed by atoms with Crippen molar-refractivity contribution in [2.75, 3.05) is 0 Å². The lowest BCUT2D eigenvalue weighted by molar-refractivity contribution is 0.795. The van der Waals surface area contributed by atoms with Crippen molar-refractivity contribution in [2.45, 2.75) is 52.4 Å². The largest absolute Gasteiger partial charge is 0.245 e. The van der Waals surface area contributed by atoms with E-state index in [1.54, 1.807) is 0 Å². The maximum atomic E-state index is 5.90. The van der Waals surface area contributed by atoms with Gasteiger partial charge in [-0.3, -0.25) is 0 Å². The van der Waals surface area contributed by atoms with Gasteiger partial charge in [0.1, 0.15) is 0 Å². The van der Waals surface area contributed by atoms with Crippen LogP contribution in [0.3, 0.4) is 0 Å². The molecule has 8 aromatic carbocycles. The maximum absolute atomic E-state index is 5.90. The first-order valence-electron chi connectivity index (χ1n) is 21.0. The van der Waals surface area contributed by atoms with Crippen LogP contribution >= 0.6 is 0 Å². The molecule has 1 aliphatic rings. The highest BCUT2D eigenvalue weighted by Crippen LogP contribution is 2.45. The highest BCUT2D eigenvalue weighted by Gasteiger charge is 2.29. The second-order valence-electron chi connectivity index (χ2n) is 15.4. The Balaban J connectivity index is 1.38. The van der Waals surface area contributed by atoms with Crippen molar-refractivity contribution >= 4 is 33.6 Å². The van der Waals surface area contributed by atoms with E-state index < -0.39 is 0 Å². The summed E-state index contributed by atoms with van der Waals surface area (Å²) in [5.41, 5.74) is 17.8. The second-order valence-corrected chi connectivity index (χ2v) is 15.4. The zero-order chi connectivity index (χ0) is 39.3. The minimum atomic E-state index is 0.899. The fourth-order valence-corrected chi connectivity index (χ4v) is 8.47.